The van der Waals surface area contributed by atoms with Crippen LogP contribution in [0.5, 0.6) is 5.75 Å². The third-order valence-electron chi connectivity index (χ3n) is 3.33. The van der Waals surface area contributed by atoms with Crippen molar-refractivity contribution in [3.63, 3.8) is 0 Å². The highest BCUT2D eigenvalue weighted by atomic mass is 16.5. The molecule has 110 valence electrons. The zero-order chi connectivity index (χ0) is 15.4. The Balaban J connectivity index is 2.13. The summed E-state index contributed by atoms with van der Waals surface area (Å²) in [6.07, 6.45) is 3.28. The molecule has 21 heavy (non-hydrogen) atoms. The Morgan fingerprint density at radius 1 is 1.33 bits per heavy atom. The number of aryl methyl sites for hydroxylation is 2. The van der Waals surface area contributed by atoms with E-state index >= 15 is 0 Å². The minimum Gasteiger partial charge on any atom is -0.495 e. The van der Waals surface area contributed by atoms with Crippen LogP contribution < -0.4 is 10.1 Å². The van der Waals surface area contributed by atoms with Gasteiger partial charge in [-0.2, -0.15) is 5.10 Å². The first-order valence-corrected chi connectivity index (χ1v) is 6.65. The molecule has 0 aliphatic rings. The zero-order valence-electron chi connectivity index (χ0n) is 12.7. The molecule has 2 rings (SSSR count). The maximum absolute atomic E-state index is 12.0. The van der Waals surface area contributed by atoms with Crippen molar-refractivity contribution in [2.75, 3.05) is 12.4 Å². The summed E-state index contributed by atoms with van der Waals surface area (Å²) in [4.78, 5) is 12.0. The number of aromatic nitrogens is 2. The average Bonchev–Trinajstić information content (AvgIpc) is 2.71. The van der Waals surface area contributed by atoms with Gasteiger partial charge in [-0.3, -0.25) is 9.48 Å². The largest absolute Gasteiger partial charge is 0.495 e. The molecule has 1 aromatic carbocycles. The summed E-state index contributed by atoms with van der Waals surface area (Å²) in [7, 11) is 3.46. The molecular formula is C16H19N3O2. The van der Waals surface area contributed by atoms with Crippen LogP contribution in [-0.4, -0.2) is 22.8 Å². The topological polar surface area (TPSA) is 56.1 Å². The van der Waals surface area contributed by atoms with E-state index in [4.69, 9.17) is 4.74 Å². The summed E-state index contributed by atoms with van der Waals surface area (Å²) < 4.78 is 7.00. The molecule has 0 spiro atoms. The summed E-state index contributed by atoms with van der Waals surface area (Å²) >= 11 is 0. The van der Waals surface area contributed by atoms with Crippen molar-refractivity contribution in [2.24, 2.45) is 7.05 Å². The molecular weight excluding hydrogens is 266 g/mol. The number of para-hydroxylation sites is 2. The Labute approximate surface area is 124 Å². The fourth-order valence-electron chi connectivity index (χ4n) is 2.11. The molecule has 0 saturated carbocycles. The third-order valence-corrected chi connectivity index (χ3v) is 3.33. The van der Waals surface area contributed by atoms with E-state index in [2.05, 4.69) is 10.4 Å². The molecule has 0 saturated heterocycles. The van der Waals surface area contributed by atoms with Crippen molar-refractivity contribution in [3.05, 3.63) is 47.3 Å². The molecule has 1 heterocycles. The Morgan fingerprint density at radius 2 is 2.05 bits per heavy atom. The summed E-state index contributed by atoms with van der Waals surface area (Å²) in [5.74, 6) is 0.426. The maximum atomic E-state index is 12.0. The van der Waals surface area contributed by atoms with Crippen LogP contribution in [0.3, 0.4) is 0 Å². The molecule has 0 atom stereocenters. The minimum atomic E-state index is -0.206. The summed E-state index contributed by atoms with van der Waals surface area (Å²) in [5, 5.41) is 7.11. The van der Waals surface area contributed by atoms with Gasteiger partial charge in [-0.1, -0.05) is 12.1 Å². The van der Waals surface area contributed by atoms with E-state index in [1.807, 2.05) is 33.0 Å². The lowest BCUT2D eigenvalue weighted by atomic mass is 10.2. The smallest absolute Gasteiger partial charge is 0.248 e. The van der Waals surface area contributed by atoms with E-state index in [1.165, 1.54) is 6.08 Å². The van der Waals surface area contributed by atoms with Crippen LogP contribution in [0, 0.1) is 13.8 Å². The molecule has 2 aromatic rings. The predicted molar refractivity (Wildman–Crippen MR) is 83.3 cm³/mol. The highest BCUT2D eigenvalue weighted by molar-refractivity contribution is 6.02. The van der Waals surface area contributed by atoms with E-state index in [9.17, 15) is 4.79 Å². The van der Waals surface area contributed by atoms with Gasteiger partial charge in [0.15, 0.2) is 0 Å². The lowest BCUT2D eigenvalue weighted by Crippen LogP contribution is -2.08. The molecule has 0 bridgehead atoms. The van der Waals surface area contributed by atoms with Crippen LogP contribution in [0.4, 0.5) is 5.69 Å². The highest BCUT2D eigenvalue weighted by Crippen LogP contribution is 2.23. The minimum absolute atomic E-state index is 0.206. The lowest BCUT2D eigenvalue weighted by molar-refractivity contribution is -0.111. The van der Waals surface area contributed by atoms with Gasteiger partial charge in [0.1, 0.15) is 5.75 Å². The Morgan fingerprint density at radius 3 is 2.67 bits per heavy atom. The molecule has 1 N–H and O–H groups in total. The van der Waals surface area contributed by atoms with Gasteiger partial charge in [0.25, 0.3) is 0 Å². The van der Waals surface area contributed by atoms with Crippen LogP contribution in [0.25, 0.3) is 6.08 Å². The highest BCUT2D eigenvalue weighted by Gasteiger charge is 2.07. The van der Waals surface area contributed by atoms with Gasteiger partial charge < -0.3 is 10.1 Å². The Bertz CT molecular complexity index is 687. The van der Waals surface area contributed by atoms with Crippen molar-refractivity contribution in [2.45, 2.75) is 13.8 Å². The molecule has 0 fully saturated rings. The Kier molecular flexibility index (Phi) is 4.42. The van der Waals surface area contributed by atoms with Gasteiger partial charge in [0, 0.05) is 24.4 Å². The van der Waals surface area contributed by atoms with Gasteiger partial charge in [-0.05, 0) is 32.1 Å². The second-order valence-electron chi connectivity index (χ2n) is 4.73. The third kappa shape index (κ3) is 3.31. The molecule has 1 aromatic heterocycles. The first-order valence-electron chi connectivity index (χ1n) is 6.65. The fraction of sp³-hybridized carbons (Fsp3) is 0.250. The molecule has 0 aliphatic carbocycles. The Hall–Kier alpha value is -2.56. The molecule has 5 nitrogen and oxygen atoms in total. The van der Waals surface area contributed by atoms with Gasteiger partial charge >= 0.3 is 0 Å². The van der Waals surface area contributed by atoms with E-state index in [0.29, 0.717) is 11.4 Å². The monoisotopic (exact) mass is 285 g/mol. The van der Waals surface area contributed by atoms with Gasteiger partial charge in [0.2, 0.25) is 5.91 Å². The van der Waals surface area contributed by atoms with Gasteiger partial charge in [-0.25, -0.2) is 0 Å². The summed E-state index contributed by atoms with van der Waals surface area (Å²) in [5.41, 5.74) is 3.53. The van der Waals surface area contributed by atoms with Gasteiger partial charge in [-0.15, -0.1) is 0 Å². The number of hydrogen-bond acceptors (Lipinski definition) is 3. The first kappa shape index (κ1) is 14.8. The number of carbonyl (C=O) groups is 1. The van der Waals surface area contributed by atoms with Crippen molar-refractivity contribution in [1.29, 1.82) is 0 Å². The zero-order valence-corrected chi connectivity index (χ0v) is 12.7. The molecule has 0 radical (unpaired) electrons. The number of hydrogen-bond donors (Lipinski definition) is 1. The molecule has 5 heteroatoms. The lowest BCUT2D eigenvalue weighted by Gasteiger charge is -2.07. The van der Waals surface area contributed by atoms with Crippen LogP contribution in [0.15, 0.2) is 30.3 Å². The van der Waals surface area contributed by atoms with Crippen molar-refractivity contribution >= 4 is 17.7 Å². The number of nitrogens with zero attached hydrogens (tertiary/aromatic N) is 2. The molecule has 1 amide bonds. The van der Waals surface area contributed by atoms with Crippen LogP contribution >= 0.6 is 0 Å². The number of methoxy groups -OCH3 is 1. The van der Waals surface area contributed by atoms with E-state index in [1.54, 1.807) is 30.0 Å². The molecule has 0 unspecified atom stereocenters. The number of ether oxygens (including phenoxy) is 1. The number of anilines is 1. The number of carbonyl (C=O) groups excluding carboxylic acids is 1. The standard InChI is InChI=1S/C16H19N3O2/c1-11-13(12(2)19(3)18-11)9-10-16(20)17-14-7-5-6-8-15(14)21-4/h5-10H,1-4H3,(H,17,20)/b10-9+. The van der Waals surface area contributed by atoms with Crippen LogP contribution in [0.2, 0.25) is 0 Å². The number of benzene rings is 1. The van der Waals surface area contributed by atoms with Crippen molar-refractivity contribution < 1.29 is 9.53 Å². The number of nitrogens with one attached hydrogen (secondary N) is 1. The molecule has 0 aliphatic heterocycles. The van der Waals surface area contributed by atoms with Crippen LogP contribution in [-0.2, 0) is 11.8 Å². The van der Waals surface area contributed by atoms with Gasteiger partial charge in [0.05, 0.1) is 18.5 Å². The van der Waals surface area contributed by atoms with Crippen molar-refractivity contribution in [3.8, 4) is 5.75 Å². The van der Waals surface area contributed by atoms with Crippen molar-refractivity contribution in [1.82, 2.24) is 9.78 Å². The predicted octanol–water partition coefficient (Wildman–Crippen LogP) is 2.70. The number of rotatable bonds is 4. The summed E-state index contributed by atoms with van der Waals surface area (Å²) in [6.45, 7) is 3.89. The second-order valence-corrected chi connectivity index (χ2v) is 4.73. The van der Waals surface area contributed by atoms with Crippen LogP contribution in [0.1, 0.15) is 17.0 Å². The summed E-state index contributed by atoms with van der Waals surface area (Å²) in [6, 6.07) is 7.30. The first-order chi connectivity index (χ1) is 10.0. The number of amides is 1. The van der Waals surface area contributed by atoms with E-state index in [-0.39, 0.29) is 5.91 Å². The SMILES string of the molecule is COc1ccccc1NC(=O)/C=C/c1c(C)nn(C)c1C. The maximum Gasteiger partial charge on any atom is 0.248 e. The van der Waals surface area contributed by atoms with E-state index < -0.39 is 0 Å². The van der Waals surface area contributed by atoms with E-state index in [0.717, 1.165) is 17.0 Å². The fourth-order valence-corrected chi connectivity index (χ4v) is 2.11. The quantitative estimate of drug-likeness (QED) is 0.879. The normalized spacial score (nSPS) is 10.9. The second kappa shape index (κ2) is 6.26. The average molecular weight is 285 g/mol.